The number of nitrogens with one attached hydrogen (secondary N) is 1. The van der Waals surface area contributed by atoms with E-state index in [9.17, 15) is 8.78 Å². The lowest BCUT2D eigenvalue weighted by Crippen LogP contribution is -2.52. The van der Waals surface area contributed by atoms with Crippen molar-refractivity contribution in [2.75, 3.05) is 56.7 Å². The molecular weight excluding hydrogens is 578 g/mol. The fraction of sp³-hybridized carbons (Fsp3) is 0.533. The minimum absolute atomic E-state index is 0.0941. The van der Waals surface area contributed by atoms with Crippen LogP contribution in [0.2, 0.25) is 0 Å². The molecule has 0 spiro atoms. The molecule has 40 heavy (non-hydrogen) atoms. The Morgan fingerprint density at radius 2 is 1.80 bits per heavy atom. The van der Waals surface area contributed by atoms with Crippen molar-refractivity contribution in [1.82, 2.24) is 20.2 Å². The first-order chi connectivity index (χ1) is 19.2. The second-order valence-corrected chi connectivity index (χ2v) is 13.1. The van der Waals surface area contributed by atoms with Crippen LogP contribution in [-0.2, 0) is 13.0 Å². The van der Waals surface area contributed by atoms with Crippen molar-refractivity contribution in [3.63, 3.8) is 0 Å². The standard InChI is InChI=1S/C30H35BrF2N6O/c1-37(2)17-29(16-30(29,32)33)18-40-28-35-24-15-38(25-8-4-6-19-5-3-7-23(31)26(19)25)12-11-22(24)27(36-28)39-13-20-9-10-21(14-39)34-20/h3-8,20-21,34H,9-18H2,1-2H3. The summed E-state index contributed by atoms with van der Waals surface area (Å²) in [5.41, 5.74) is 2.04. The summed E-state index contributed by atoms with van der Waals surface area (Å²) < 4.78 is 36.1. The van der Waals surface area contributed by atoms with Crippen molar-refractivity contribution < 1.29 is 13.5 Å². The van der Waals surface area contributed by atoms with E-state index < -0.39 is 11.3 Å². The van der Waals surface area contributed by atoms with Crippen LogP contribution < -0.4 is 19.9 Å². The number of fused-ring (bicyclic) bond motifs is 4. The Hall–Kier alpha value is -2.56. The highest BCUT2D eigenvalue weighted by molar-refractivity contribution is 9.10. The molecule has 0 amide bonds. The van der Waals surface area contributed by atoms with E-state index in [-0.39, 0.29) is 25.6 Å². The molecule has 3 aromatic rings. The Morgan fingerprint density at radius 1 is 1.07 bits per heavy atom. The van der Waals surface area contributed by atoms with Gasteiger partial charge in [0.25, 0.3) is 5.92 Å². The number of hydrogen-bond acceptors (Lipinski definition) is 7. The molecule has 7 nitrogen and oxygen atoms in total. The number of benzene rings is 2. The van der Waals surface area contributed by atoms with Gasteiger partial charge in [0.15, 0.2) is 0 Å². The van der Waals surface area contributed by atoms with Crippen LogP contribution in [0.3, 0.4) is 0 Å². The Balaban J connectivity index is 1.23. The molecule has 1 aromatic heterocycles. The van der Waals surface area contributed by atoms with Crippen LogP contribution in [0.25, 0.3) is 10.8 Å². The smallest absolute Gasteiger partial charge is 0.318 e. The molecule has 212 valence electrons. The molecule has 10 heteroatoms. The molecule has 2 aromatic carbocycles. The van der Waals surface area contributed by atoms with Crippen LogP contribution in [0.5, 0.6) is 6.01 Å². The quantitative estimate of drug-likeness (QED) is 0.409. The van der Waals surface area contributed by atoms with Crippen molar-refractivity contribution in [1.29, 1.82) is 0 Å². The minimum Gasteiger partial charge on any atom is -0.463 e. The molecule has 3 fully saturated rings. The third-order valence-corrected chi connectivity index (χ3v) is 9.68. The maximum absolute atomic E-state index is 14.5. The molecule has 3 unspecified atom stereocenters. The lowest BCUT2D eigenvalue weighted by molar-refractivity contribution is 0.0287. The number of hydrogen-bond donors (Lipinski definition) is 1. The first-order valence-electron chi connectivity index (χ1n) is 14.2. The minimum atomic E-state index is -2.73. The predicted octanol–water partition coefficient (Wildman–Crippen LogP) is 4.86. The SMILES string of the molecule is CN(C)CC1(COc2nc3c(c(N4CC5CCC(C4)N5)n2)CCN(c2cccc4cccc(Br)c24)C3)CC1(F)F. The normalized spacial score (nSPS) is 26.9. The van der Waals surface area contributed by atoms with Gasteiger partial charge in [0, 0.05) is 65.8 Å². The number of alkyl halides is 2. The third kappa shape index (κ3) is 4.61. The molecule has 0 radical (unpaired) electrons. The highest BCUT2D eigenvalue weighted by Gasteiger charge is 2.71. The lowest BCUT2D eigenvalue weighted by atomic mass is 10.0. The summed E-state index contributed by atoms with van der Waals surface area (Å²) in [5, 5.41) is 6.06. The maximum atomic E-state index is 14.5. The van der Waals surface area contributed by atoms with Gasteiger partial charge >= 0.3 is 6.01 Å². The zero-order valence-corrected chi connectivity index (χ0v) is 24.6. The van der Waals surface area contributed by atoms with E-state index in [0.717, 1.165) is 53.3 Å². The number of rotatable bonds is 7. The van der Waals surface area contributed by atoms with E-state index in [1.165, 1.54) is 23.6 Å². The number of aromatic nitrogens is 2. The molecule has 3 aliphatic heterocycles. The van der Waals surface area contributed by atoms with Gasteiger partial charge in [0.05, 0.1) is 17.7 Å². The average molecular weight is 614 g/mol. The third-order valence-electron chi connectivity index (χ3n) is 9.02. The average Bonchev–Trinajstić information content (AvgIpc) is 3.29. The first-order valence-corrected chi connectivity index (χ1v) is 15.0. The van der Waals surface area contributed by atoms with Crippen molar-refractivity contribution in [3.8, 4) is 6.01 Å². The molecule has 3 atom stereocenters. The van der Waals surface area contributed by atoms with E-state index in [1.54, 1.807) is 4.90 Å². The maximum Gasteiger partial charge on any atom is 0.318 e. The van der Waals surface area contributed by atoms with Crippen LogP contribution in [0.1, 0.15) is 30.5 Å². The highest BCUT2D eigenvalue weighted by atomic mass is 79.9. The molecule has 1 saturated carbocycles. The monoisotopic (exact) mass is 612 g/mol. The van der Waals surface area contributed by atoms with Gasteiger partial charge in [-0.1, -0.05) is 40.2 Å². The summed E-state index contributed by atoms with van der Waals surface area (Å²) in [5.74, 6) is -1.81. The van der Waals surface area contributed by atoms with Crippen LogP contribution in [0.4, 0.5) is 20.3 Å². The topological polar surface area (TPSA) is 56.8 Å². The van der Waals surface area contributed by atoms with E-state index in [0.29, 0.717) is 18.6 Å². The summed E-state index contributed by atoms with van der Waals surface area (Å²) in [7, 11) is 3.64. The van der Waals surface area contributed by atoms with Gasteiger partial charge in [-0.25, -0.2) is 8.78 Å². The van der Waals surface area contributed by atoms with Gasteiger partial charge in [0.2, 0.25) is 0 Å². The Morgan fingerprint density at radius 3 is 2.50 bits per heavy atom. The fourth-order valence-corrected chi connectivity index (χ4v) is 7.58. The Labute approximate surface area is 242 Å². The molecule has 4 aliphatic rings. The number of anilines is 2. The number of halogens is 3. The Kier molecular flexibility index (Phi) is 6.44. The molecule has 1 N–H and O–H groups in total. The summed E-state index contributed by atoms with van der Waals surface area (Å²) in [6.45, 7) is 3.41. The van der Waals surface area contributed by atoms with Crippen LogP contribution in [0, 0.1) is 5.41 Å². The fourth-order valence-electron chi connectivity index (χ4n) is 6.99. The van der Waals surface area contributed by atoms with Crippen LogP contribution in [0.15, 0.2) is 40.9 Å². The number of nitrogens with zero attached hydrogens (tertiary/aromatic N) is 5. The largest absolute Gasteiger partial charge is 0.463 e. The zero-order valence-electron chi connectivity index (χ0n) is 23.0. The van der Waals surface area contributed by atoms with Crippen LogP contribution >= 0.6 is 15.9 Å². The highest BCUT2D eigenvalue weighted by Crippen LogP contribution is 2.60. The van der Waals surface area contributed by atoms with Gasteiger partial charge in [-0.05, 0) is 50.9 Å². The number of ether oxygens (including phenoxy) is 1. The zero-order chi connectivity index (χ0) is 27.6. The Bertz CT molecular complexity index is 1440. The van der Waals surface area contributed by atoms with Crippen molar-refractivity contribution in [3.05, 3.63) is 52.1 Å². The van der Waals surface area contributed by atoms with Gasteiger partial charge in [-0.15, -0.1) is 0 Å². The number of piperazine rings is 1. The summed E-state index contributed by atoms with van der Waals surface area (Å²) in [6, 6.07) is 13.8. The predicted molar refractivity (Wildman–Crippen MR) is 157 cm³/mol. The molecule has 2 bridgehead atoms. The second-order valence-electron chi connectivity index (χ2n) is 12.3. The van der Waals surface area contributed by atoms with E-state index in [2.05, 4.69) is 67.4 Å². The van der Waals surface area contributed by atoms with Crippen molar-refractivity contribution in [2.24, 2.45) is 5.41 Å². The summed E-state index contributed by atoms with van der Waals surface area (Å²) in [6.07, 6.45) is 2.99. The molecule has 1 aliphatic carbocycles. The molecule has 2 saturated heterocycles. The van der Waals surface area contributed by atoms with Gasteiger partial charge < -0.3 is 24.8 Å². The van der Waals surface area contributed by atoms with Crippen LogP contribution in [-0.4, -0.2) is 79.8 Å². The first kappa shape index (κ1) is 26.3. The summed E-state index contributed by atoms with van der Waals surface area (Å²) in [4.78, 5) is 16.3. The molecule has 7 rings (SSSR count). The molecular formula is C30H35BrF2N6O. The second kappa shape index (κ2) is 9.77. The molecule has 4 heterocycles. The van der Waals surface area contributed by atoms with E-state index >= 15 is 0 Å². The van der Waals surface area contributed by atoms with Gasteiger partial charge in [-0.2, -0.15) is 9.97 Å². The van der Waals surface area contributed by atoms with Crippen molar-refractivity contribution >= 4 is 38.2 Å². The lowest BCUT2D eigenvalue weighted by Gasteiger charge is -2.37. The summed E-state index contributed by atoms with van der Waals surface area (Å²) >= 11 is 3.76. The van der Waals surface area contributed by atoms with E-state index in [4.69, 9.17) is 14.7 Å². The van der Waals surface area contributed by atoms with Gasteiger partial charge in [-0.3, -0.25) is 0 Å². The van der Waals surface area contributed by atoms with E-state index in [1.807, 2.05) is 14.1 Å². The van der Waals surface area contributed by atoms with Crippen molar-refractivity contribution in [2.45, 2.75) is 50.2 Å². The van der Waals surface area contributed by atoms with Gasteiger partial charge in [0.1, 0.15) is 12.4 Å².